The number of aromatic amines is 1. The van der Waals surface area contributed by atoms with Crippen molar-refractivity contribution in [2.45, 2.75) is 20.0 Å². The van der Waals surface area contributed by atoms with Crippen molar-refractivity contribution in [1.29, 1.82) is 0 Å². The third-order valence-electron chi connectivity index (χ3n) is 4.00. The Hall–Kier alpha value is -3.13. The third-order valence-corrected chi connectivity index (χ3v) is 4.88. The predicted octanol–water partition coefficient (Wildman–Crippen LogP) is 2.87. The van der Waals surface area contributed by atoms with Crippen molar-refractivity contribution in [2.24, 2.45) is 0 Å². The van der Waals surface area contributed by atoms with Crippen LogP contribution in [0.5, 0.6) is 6.01 Å². The first-order valence-electron chi connectivity index (χ1n) is 8.05. The summed E-state index contributed by atoms with van der Waals surface area (Å²) in [6, 6.07) is 7.21. The summed E-state index contributed by atoms with van der Waals surface area (Å²) >= 11 is 1.54. The zero-order valence-electron chi connectivity index (χ0n) is 13.9. The number of aromatic nitrogens is 3. The van der Waals surface area contributed by atoms with Crippen molar-refractivity contribution in [2.75, 3.05) is 0 Å². The number of rotatable bonds is 5. The maximum Gasteiger partial charge on any atom is 0.337 e. The van der Waals surface area contributed by atoms with Crippen LogP contribution < -0.4 is 15.9 Å². The van der Waals surface area contributed by atoms with Gasteiger partial charge in [0.2, 0.25) is 5.71 Å². The fourth-order valence-electron chi connectivity index (χ4n) is 2.78. The molecule has 1 N–H and O–H groups in total. The molecule has 7 nitrogen and oxygen atoms in total. The van der Waals surface area contributed by atoms with Crippen molar-refractivity contribution >= 4 is 22.4 Å². The van der Waals surface area contributed by atoms with Gasteiger partial charge in [0.15, 0.2) is 0 Å². The molecule has 26 heavy (non-hydrogen) atoms. The highest BCUT2D eigenvalue weighted by molar-refractivity contribution is 7.10. The number of hydrogen-bond acceptors (Lipinski definition) is 6. The molecule has 0 amide bonds. The van der Waals surface area contributed by atoms with Crippen molar-refractivity contribution in [1.82, 2.24) is 14.5 Å². The number of ether oxygens (including phenoxy) is 1. The van der Waals surface area contributed by atoms with E-state index < -0.39 is 5.63 Å². The van der Waals surface area contributed by atoms with Gasteiger partial charge in [0.05, 0.1) is 10.6 Å². The summed E-state index contributed by atoms with van der Waals surface area (Å²) in [4.78, 5) is 31.8. The van der Waals surface area contributed by atoms with E-state index in [4.69, 9.17) is 9.15 Å². The first-order valence-corrected chi connectivity index (χ1v) is 8.93. The lowest BCUT2D eigenvalue weighted by molar-refractivity contribution is 0.282. The van der Waals surface area contributed by atoms with E-state index in [2.05, 4.69) is 9.97 Å². The van der Waals surface area contributed by atoms with Crippen molar-refractivity contribution in [3.8, 4) is 11.7 Å². The second-order valence-electron chi connectivity index (χ2n) is 5.60. The van der Waals surface area contributed by atoms with Gasteiger partial charge in [-0.25, -0.2) is 4.79 Å². The molecular formula is C18H15N3O4S. The van der Waals surface area contributed by atoms with Gasteiger partial charge in [-0.1, -0.05) is 6.92 Å². The van der Waals surface area contributed by atoms with Gasteiger partial charge < -0.3 is 13.7 Å². The van der Waals surface area contributed by atoms with Gasteiger partial charge in [-0.05, 0) is 35.6 Å². The molecule has 0 saturated carbocycles. The first-order chi connectivity index (χ1) is 12.7. The van der Waals surface area contributed by atoms with E-state index in [0.717, 1.165) is 10.6 Å². The standard InChI is InChI=1S/C18H15N3O4S/c1-2-11-9-14(22)25-17-15(11)16(23)19-18(20-17)24-10-13-12(5-8-26-13)21-6-3-4-7-21/h3-9H,2,10H2,1H3,(H,19,20,23). The summed E-state index contributed by atoms with van der Waals surface area (Å²) in [6.07, 6.45) is 4.42. The lowest BCUT2D eigenvalue weighted by Gasteiger charge is -2.08. The van der Waals surface area contributed by atoms with Crippen LogP contribution in [0.4, 0.5) is 0 Å². The second-order valence-corrected chi connectivity index (χ2v) is 6.60. The third kappa shape index (κ3) is 2.95. The molecular weight excluding hydrogens is 354 g/mol. The molecule has 0 bridgehead atoms. The number of fused-ring (bicyclic) bond motifs is 1. The van der Waals surface area contributed by atoms with Gasteiger partial charge in [-0.15, -0.1) is 11.3 Å². The number of aryl methyl sites for hydroxylation is 1. The molecule has 0 spiro atoms. The molecule has 4 rings (SSSR count). The molecule has 0 aliphatic carbocycles. The maximum atomic E-state index is 12.4. The van der Waals surface area contributed by atoms with Crippen molar-refractivity contribution in [3.05, 3.63) is 73.3 Å². The molecule has 0 radical (unpaired) electrons. The minimum absolute atomic E-state index is 0.00934. The molecule has 0 atom stereocenters. The van der Waals surface area contributed by atoms with E-state index in [1.165, 1.54) is 6.07 Å². The number of nitrogens with zero attached hydrogens (tertiary/aromatic N) is 2. The van der Waals surface area contributed by atoms with Crippen LogP contribution in [0.1, 0.15) is 17.4 Å². The minimum Gasteiger partial charge on any atom is -0.459 e. The van der Waals surface area contributed by atoms with Crippen molar-refractivity contribution in [3.63, 3.8) is 0 Å². The van der Waals surface area contributed by atoms with Crippen LogP contribution >= 0.6 is 11.3 Å². The lowest BCUT2D eigenvalue weighted by Crippen LogP contribution is -2.15. The average molecular weight is 369 g/mol. The van der Waals surface area contributed by atoms with Crippen LogP contribution in [0.25, 0.3) is 16.8 Å². The Morgan fingerprint density at radius 3 is 2.88 bits per heavy atom. The fourth-order valence-corrected chi connectivity index (χ4v) is 3.56. The number of H-pyrrole nitrogens is 1. The quantitative estimate of drug-likeness (QED) is 0.584. The zero-order chi connectivity index (χ0) is 18.1. The number of nitrogens with one attached hydrogen (secondary N) is 1. The van der Waals surface area contributed by atoms with Crippen LogP contribution in [0.2, 0.25) is 0 Å². The highest BCUT2D eigenvalue weighted by Gasteiger charge is 2.13. The molecule has 0 aromatic carbocycles. The topological polar surface area (TPSA) is 90.1 Å². The monoisotopic (exact) mass is 369 g/mol. The Kier molecular flexibility index (Phi) is 4.18. The molecule has 0 unspecified atom stereocenters. The molecule has 4 aromatic heterocycles. The van der Waals surface area contributed by atoms with Crippen LogP contribution in [-0.2, 0) is 13.0 Å². The lowest BCUT2D eigenvalue weighted by atomic mass is 10.1. The molecule has 0 aliphatic rings. The van der Waals surface area contributed by atoms with E-state index >= 15 is 0 Å². The molecule has 4 aromatic rings. The zero-order valence-corrected chi connectivity index (χ0v) is 14.7. The summed E-state index contributed by atoms with van der Waals surface area (Å²) in [5.74, 6) is 0. The van der Waals surface area contributed by atoms with E-state index in [1.807, 2.05) is 47.5 Å². The maximum absolute atomic E-state index is 12.4. The molecule has 0 aliphatic heterocycles. The number of hydrogen-bond donors (Lipinski definition) is 1. The largest absolute Gasteiger partial charge is 0.459 e. The molecule has 132 valence electrons. The van der Waals surface area contributed by atoms with E-state index in [-0.39, 0.29) is 29.3 Å². The smallest absolute Gasteiger partial charge is 0.337 e. The molecule has 4 heterocycles. The Morgan fingerprint density at radius 2 is 2.12 bits per heavy atom. The minimum atomic E-state index is -0.536. The van der Waals surface area contributed by atoms with E-state index in [9.17, 15) is 9.59 Å². The molecule has 0 fully saturated rings. The van der Waals surface area contributed by atoms with Gasteiger partial charge in [0.1, 0.15) is 12.0 Å². The van der Waals surface area contributed by atoms with Gasteiger partial charge in [-0.2, -0.15) is 4.98 Å². The van der Waals surface area contributed by atoms with Gasteiger partial charge in [0.25, 0.3) is 11.6 Å². The molecule has 0 saturated heterocycles. The normalized spacial score (nSPS) is 11.1. The number of thiophene rings is 1. The second kappa shape index (κ2) is 6.64. The highest BCUT2D eigenvalue weighted by atomic mass is 32.1. The summed E-state index contributed by atoms with van der Waals surface area (Å²) in [5.41, 5.74) is 0.673. The Bertz CT molecular complexity index is 1170. The van der Waals surface area contributed by atoms with Crippen molar-refractivity contribution < 1.29 is 9.15 Å². The highest BCUT2D eigenvalue weighted by Crippen LogP contribution is 2.23. The Morgan fingerprint density at radius 1 is 1.31 bits per heavy atom. The average Bonchev–Trinajstić information content (AvgIpc) is 3.29. The summed E-state index contributed by atoms with van der Waals surface area (Å²) in [6.45, 7) is 2.09. The predicted molar refractivity (Wildman–Crippen MR) is 98.3 cm³/mol. The summed E-state index contributed by atoms with van der Waals surface area (Å²) < 4.78 is 12.7. The summed E-state index contributed by atoms with van der Waals surface area (Å²) in [5, 5.41) is 2.25. The van der Waals surface area contributed by atoms with E-state index in [1.54, 1.807) is 11.3 Å². The summed E-state index contributed by atoms with van der Waals surface area (Å²) in [7, 11) is 0. The van der Waals surface area contributed by atoms with Crippen LogP contribution in [-0.4, -0.2) is 14.5 Å². The Balaban J connectivity index is 1.66. The van der Waals surface area contributed by atoms with Gasteiger partial charge >= 0.3 is 5.63 Å². The van der Waals surface area contributed by atoms with Gasteiger partial charge in [-0.3, -0.25) is 9.78 Å². The first kappa shape index (κ1) is 16.3. The van der Waals surface area contributed by atoms with Crippen LogP contribution in [0.3, 0.4) is 0 Å². The SMILES string of the molecule is CCc1cc(=O)oc2nc(OCc3sccc3-n3cccc3)[nH]c(=O)c12. The Labute approximate surface area is 151 Å². The fraction of sp³-hybridized carbons (Fsp3) is 0.167. The van der Waals surface area contributed by atoms with Gasteiger partial charge in [0, 0.05) is 18.5 Å². The molecule has 8 heteroatoms. The van der Waals surface area contributed by atoms with E-state index in [0.29, 0.717) is 12.0 Å². The van der Waals surface area contributed by atoms with Crippen LogP contribution in [0, 0.1) is 0 Å². The van der Waals surface area contributed by atoms with Crippen LogP contribution in [0.15, 0.2) is 56.0 Å².